The highest BCUT2D eigenvalue weighted by Gasteiger charge is 2.17. The fourth-order valence-electron chi connectivity index (χ4n) is 2.62. The fourth-order valence-corrected chi connectivity index (χ4v) is 2.81. The summed E-state index contributed by atoms with van der Waals surface area (Å²) < 4.78 is 16.4. The number of nitrogens with one attached hydrogen (secondary N) is 1. The molecule has 3 aromatic rings. The molecule has 3 heterocycles. The second-order valence-electron chi connectivity index (χ2n) is 5.89. The Kier molecular flexibility index (Phi) is 4.99. The Hall–Kier alpha value is -2.64. The molecule has 0 amide bonds. The van der Waals surface area contributed by atoms with Crippen molar-refractivity contribution in [2.24, 2.45) is 0 Å². The lowest BCUT2D eigenvalue weighted by Crippen LogP contribution is -2.16. The van der Waals surface area contributed by atoms with Crippen LogP contribution in [0.1, 0.15) is 12.0 Å². The Balaban J connectivity index is 1.38. The van der Waals surface area contributed by atoms with Crippen LogP contribution in [0.25, 0.3) is 11.4 Å². The van der Waals surface area contributed by atoms with Gasteiger partial charge >= 0.3 is 6.01 Å². The Morgan fingerprint density at radius 2 is 2.23 bits per heavy atom. The highest BCUT2D eigenvalue weighted by molar-refractivity contribution is 6.30. The van der Waals surface area contributed by atoms with E-state index >= 15 is 0 Å². The summed E-state index contributed by atoms with van der Waals surface area (Å²) in [7, 11) is 0. The maximum Gasteiger partial charge on any atom is 0.322 e. The first-order chi connectivity index (χ1) is 12.8. The highest BCUT2D eigenvalue weighted by atomic mass is 35.5. The molecule has 8 heteroatoms. The van der Waals surface area contributed by atoms with Crippen LogP contribution in [0.5, 0.6) is 5.88 Å². The number of pyridine rings is 1. The Morgan fingerprint density at radius 1 is 1.27 bits per heavy atom. The van der Waals surface area contributed by atoms with Crippen LogP contribution in [0.2, 0.25) is 5.02 Å². The molecule has 0 aliphatic carbocycles. The van der Waals surface area contributed by atoms with E-state index in [1.54, 1.807) is 18.3 Å². The zero-order valence-corrected chi connectivity index (χ0v) is 14.6. The van der Waals surface area contributed by atoms with Gasteiger partial charge in [0.05, 0.1) is 13.2 Å². The third kappa shape index (κ3) is 4.12. The summed E-state index contributed by atoms with van der Waals surface area (Å²) in [6, 6.07) is 11.4. The number of ether oxygens (including phenoxy) is 2. The van der Waals surface area contributed by atoms with Gasteiger partial charge in [-0.05, 0) is 23.8 Å². The number of hydrogen-bond acceptors (Lipinski definition) is 7. The topological polar surface area (TPSA) is 82.3 Å². The summed E-state index contributed by atoms with van der Waals surface area (Å²) in [5, 5.41) is 7.70. The summed E-state index contributed by atoms with van der Waals surface area (Å²) in [4.78, 5) is 8.57. The molecule has 4 rings (SSSR count). The van der Waals surface area contributed by atoms with Gasteiger partial charge < -0.3 is 19.3 Å². The molecule has 0 spiro atoms. The second kappa shape index (κ2) is 7.72. The monoisotopic (exact) mass is 372 g/mol. The van der Waals surface area contributed by atoms with Gasteiger partial charge in [-0.1, -0.05) is 28.9 Å². The minimum absolute atomic E-state index is 0.0712. The van der Waals surface area contributed by atoms with Crippen molar-refractivity contribution in [2.75, 3.05) is 18.5 Å². The summed E-state index contributed by atoms with van der Waals surface area (Å²) in [6.45, 7) is 1.85. The number of hydrogen-bond donors (Lipinski definition) is 1. The number of nitrogens with zero attached hydrogens (tertiary/aromatic N) is 3. The lowest BCUT2D eigenvalue weighted by Gasteiger charge is -2.11. The molecule has 1 N–H and O–H groups in total. The van der Waals surface area contributed by atoms with E-state index in [4.69, 9.17) is 25.6 Å². The van der Waals surface area contributed by atoms with Crippen LogP contribution in [0.4, 0.5) is 6.01 Å². The SMILES string of the molecule is Clc1cccc(-c2noc(NCc3ccnc(OC4CCOC4)c3)n2)c1. The molecule has 1 fully saturated rings. The molecule has 1 aliphatic heterocycles. The summed E-state index contributed by atoms with van der Waals surface area (Å²) >= 11 is 5.99. The Bertz CT molecular complexity index is 880. The summed E-state index contributed by atoms with van der Waals surface area (Å²) in [6.07, 6.45) is 2.67. The molecule has 0 bridgehead atoms. The van der Waals surface area contributed by atoms with Gasteiger partial charge in [0.15, 0.2) is 0 Å². The molecule has 134 valence electrons. The Labute approximate surface area is 155 Å². The van der Waals surface area contributed by atoms with Gasteiger partial charge in [-0.3, -0.25) is 0 Å². The van der Waals surface area contributed by atoms with Crippen molar-refractivity contribution in [1.29, 1.82) is 0 Å². The van der Waals surface area contributed by atoms with E-state index < -0.39 is 0 Å². The average Bonchev–Trinajstić information content (AvgIpc) is 3.32. The minimum Gasteiger partial charge on any atom is -0.472 e. The molecule has 1 aliphatic rings. The molecule has 1 aromatic carbocycles. The molecule has 1 unspecified atom stereocenters. The van der Waals surface area contributed by atoms with Crippen LogP contribution in [0.15, 0.2) is 47.1 Å². The van der Waals surface area contributed by atoms with E-state index in [9.17, 15) is 0 Å². The smallest absolute Gasteiger partial charge is 0.322 e. The van der Waals surface area contributed by atoms with Crippen LogP contribution in [-0.2, 0) is 11.3 Å². The third-order valence-electron chi connectivity index (χ3n) is 3.93. The second-order valence-corrected chi connectivity index (χ2v) is 6.33. The largest absolute Gasteiger partial charge is 0.472 e. The summed E-state index contributed by atoms with van der Waals surface area (Å²) in [5.41, 5.74) is 1.80. The van der Waals surface area contributed by atoms with E-state index in [-0.39, 0.29) is 6.10 Å². The van der Waals surface area contributed by atoms with E-state index in [0.717, 1.165) is 24.2 Å². The number of aromatic nitrogens is 3. The van der Waals surface area contributed by atoms with Crippen molar-refractivity contribution in [3.8, 4) is 17.3 Å². The van der Waals surface area contributed by atoms with Crippen molar-refractivity contribution < 1.29 is 14.0 Å². The first-order valence-corrected chi connectivity index (χ1v) is 8.67. The van der Waals surface area contributed by atoms with Crippen LogP contribution in [0.3, 0.4) is 0 Å². The van der Waals surface area contributed by atoms with Gasteiger partial charge in [0.25, 0.3) is 0 Å². The predicted octanol–water partition coefficient (Wildman–Crippen LogP) is 3.56. The zero-order valence-electron chi connectivity index (χ0n) is 13.9. The maximum atomic E-state index is 5.99. The van der Waals surface area contributed by atoms with E-state index in [1.807, 2.05) is 24.3 Å². The molecular weight excluding hydrogens is 356 g/mol. The highest BCUT2D eigenvalue weighted by Crippen LogP contribution is 2.21. The van der Waals surface area contributed by atoms with Crippen molar-refractivity contribution in [3.05, 3.63) is 53.2 Å². The molecular formula is C18H17ClN4O3. The molecule has 0 radical (unpaired) electrons. The van der Waals surface area contributed by atoms with Crippen molar-refractivity contribution in [2.45, 2.75) is 19.1 Å². The lowest BCUT2D eigenvalue weighted by molar-refractivity contribution is 0.138. The van der Waals surface area contributed by atoms with E-state index in [2.05, 4.69) is 20.4 Å². The van der Waals surface area contributed by atoms with Gasteiger partial charge in [-0.25, -0.2) is 4.98 Å². The van der Waals surface area contributed by atoms with Crippen molar-refractivity contribution in [1.82, 2.24) is 15.1 Å². The molecule has 1 atom stereocenters. The summed E-state index contributed by atoms with van der Waals surface area (Å²) in [5.74, 6) is 1.07. The molecule has 0 saturated carbocycles. The predicted molar refractivity (Wildman–Crippen MR) is 96.2 cm³/mol. The van der Waals surface area contributed by atoms with Crippen molar-refractivity contribution in [3.63, 3.8) is 0 Å². The van der Waals surface area contributed by atoms with Crippen LogP contribution < -0.4 is 10.1 Å². The van der Waals surface area contributed by atoms with Gasteiger partial charge in [-0.15, -0.1) is 0 Å². The number of halogens is 1. The molecule has 26 heavy (non-hydrogen) atoms. The van der Waals surface area contributed by atoms with Crippen molar-refractivity contribution >= 4 is 17.6 Å². The maximum absolute atomic E-state index is 5.99. The quantitative estimate of drug-likeness (QED) is 0.708. The van der Waals surface area contributed by atoms with E-state index in [0.29, 0.717) is 35.9 Å². The van der Waals surface area contributed by atoms with Crippen LogP contribution >= 0.6 is 11.6 Å². The standard InChI is InChI=1S/C18H17ClN4O3/c19-14-3-1-2-13(9-14)17-22-18(26-23-17)21-10-12-4-6-20-16(8-12)25-15-5-7-24-11-15/h1-4,6,8-9,15H,5,7,10-11H2,(H,21,22,23). The van der Waals surface area contributed by atoms with Gasteiger partial charge in [0.1, 0.15) is 6.10 Å². The number of benzene rings is 1. The fraction of sp³-hybridized carbons (Fsp3) is 0.278. The van der Waals surface area contributed by atoms with Gasteiger partial charge in [-0.2, -0.15) is 4.98 Å². The number of rotatable bonds is 6. The molecule has 2 aromatic heterocycles. The first-order valence-electron chi connectivity index (χ1n) is 8.29. The molecule has 7 nitrogen and oxygen atoms in total. The first kappa shape index (κ1) is 16.8. The van der Waals surface area contributed by atoms with Gasteiger partial charge in [0.2, 0.25) is 11.7 Å². The van der Waals surface area contributed by atoms with Crippen LogP contribution in [0, 0.1) is 0 Å². The minimum atomic E-state index is 0.0712. The van der Waals surface area contributed by atoms with Gasteiger partial charge in [0, 0.05) is 35.8 Å². The number of anilines is 1. The lowest BCUT2D eigenvalue weighted by atomic mass is 10.2. The average molecular weight is 373 g/mol. The van der Waals surface area contributed by atoms with E-state index in [1.165, 1.54) is 0 Å². The Morgan fingerprint density at radius 3 is 3.08 bits per heavy atom. The third-order valence-corrected chi connectivity index (χ3v) is 4.16. The van der Waals surface area contributed by atoms with Crippen LogP contribution in [-0.4, -0.2) is 34.4 Å². The molecule has 1 saturated heterocycles. The normalized spacial score (nSPS) is 16.6. The zero-order chi connectivity index (χ0) is 17.8.